The van der Waals surface area contributed by atoms with Gasteiger partial charge in [0.15, 0.2) is 0 Å². The molecule has 23 heavy (non-hydrogen) atoms. The van der Waals surface area contributed by atoms with Crippen LogP contribution in [0.1, 0.15) is 28.2 Å². The number of aryl methyl sites for hydroxylation is 2. The van der Waals surface area contributed by atoms with Gasteiger partial charge in [0.1, 0.15) is 6.10 Å². The van der Waals surface area contributed by atoms with Crippen LogP contribution in [-0.4, -0.2) is 57.5 Å². The standard InChI is InChI=1S/C15H19N5O3/c1-9-14(10(2)17-16-9)15(21)20-7-6-11(8-20)23-13-5-4-12(22-3)18-19-13/h4-5,11H,6-8H2,1-3H3,(H,16,17). The molecule has 1 N–H and O–H groups in total. The van der Waals surface area contributed by atoms with Gasteiger partial charge in [-0.25, -0.2) is 0 Å². The van der Waals surface area contributed by atoms with Gasteiger partial charge in [0.05, 0.1) is 24.9 Å². The van der Waals surface area contributed by atoms with Gasteiger partial charge in [0, 0.05) is 30.8 Å². The fourth-order valence-electron chi connectivity index (χ4n) is 2.68. The topological polar surface area (TPSA) is 93.2 Å². The van der Waals surface area contributed by atoms with Gasteiger partial charge in [0.25, 0.3) is 5.91 Å². The van der Waals surface area contributed by atoms with Crippen molar-refractivity contribution in [2.75, 3.05) is 20.2 Å². The van der Waals surface area contributed by atoms with E-state index in [0.717, 1.165) is 17.8 Å². The van der Waals surface area contributed by atoms with Crippen LogP contribution in [-0.2, 0) is 0 Å². The number of aromatic nitrogens is 4. The van der Waals surface area contributed by atoms with Gasteiger partial charge in [-0.3, -0.25) is 9.89 Å². The van der Waals surface area contributed by atoms with Crippen molar-refractivity contribution in [1.82, 2.24) is 25.3 Å². The molecule has 2 aromatic rings. The molecule has 2 aromatic heterocycles. The Morgan fingerprint density at radius 1 is 1.30 bits per heavy atom. The number of methoxy groups -OCH3 is 1. The van der Waals surface area contributed by atoms with E-state index < -0.39 is 0 Å². The summed E-state index contributed by atoms with van der Waals surface area (Å²) in [5.41, 5.74) is 2.16. The summed E-state index contributed by atoms with van der Waals surface area (Å²) in [6.45, 7) is 4.85. The molecule has 8 nitrogen and oxygen atoms in total. The molecule has 0 bridgehead atoms. The van der Waals surface area contributed by atoms with E-state index in [0.29, 0.717) is 30.4 Å². The van der Waals surface area contributed by atoms with Gasteiger partial charge in [-0.2, -0.15) is 5.10 Å². The molecule has 1 atom stereocenters. The number of nitrogens with zero attached hydrogens (tertiary/aromatic N) is 4. The summed E-state index contributed by atoms with van der Waals surface area (Å²) in [4.78, 5) is 14.4. The van der Waals surface area contributed by atoms with Gasteiger partial charge < -0.3 is 14.4 Å². The van der Waals surface area contributed by atoms with Crippen molar-refractivity contribution in [3.05, 3.63) is 29.1 Å². The summed E-state index contributed by atoms with van der Waals surface area (Å²) in [6.07, 6.45) is 0.671. The number of ether oxygens (including phenoxy) is 2. The van der Waals surface area contributed by atoms with Crippen molar-refractivity contribution in [1.29, 1.82) is 0 Å². The lowest BCUT2D eigenvalue weighted by atomic mass is 10.2. The number of nitrogens with one attached hydrogen (secondary N) is 1. The first-order valence-corrected chi connectivity index (χ1v) is 7.43. The Bertz CT molecular complexity index is 678. The van der Waals surface area contributed by atoms with E-state index in [-0.39, 0.29) is 12.0 Å². The second kappa shape index (κ2) is 6.23. The minimum Gasteiger partial charge on any atom is -0.480 e. The first kappa shape index (κ1) is 15.3. The SMILES string of the molecule is COc1ccc(OC2CCN(C(=O)c3c(C)n[nH]c3C)C2)nn1. The molecule has 1 amide bonds. The zero-order chi connectivity index (χ0) is 16.4. The average molecular weight is 317 g/mol. The number of carbonyl (C=O) groups excluding carboxylic acids is 1. The zero-order valence-corrected chi connectivity index (χ0v) is 13.4. The van der Waals surface area contributed by atoms with Crippen molar-refractivity contribution in [2.24, 2.45) is 0 Å². The fourth-order valence-corrected chi connectivity index (χ4v) is 2.68. The van der Waals surface area contributed by atoms with E-state index in [2.05, 4.69) is 20.4 Å². The van der Waals surface area contributed by atoms with E-state index in [1.807, 2.05) is 13.8 Å². The molecule has 1 fully saturated rings. The molecular weight excluding hydrogens is 298 g/mol. The quantitative estimate of drug-likeness (QED) is 0.908. The minimum absolute atomic E-state index is 0.0133. The number of rotatable bonds is 4. The predicted octanol–water partition coefficient (Wildman–Crippen LogP) is 1.12. The molecule has 1 aliphatic heterocycles. The van der Waals surface area contributed by atoms with E-state index in [1.54, 1.807) is 17.0 Å². The van der Waals surface area contributed by atoms with Crippen LogP contribution in [0.25, 0.3) is 0 Å². The summed E-state index contributed by atoms with van der Waals surface area (Å²) in [6, 6.07) is 3.40. The van der Waals surface area contributed by atoms with E-state index >= 15 is 0 Å². The molecule has 0 saturated carbocycles. The van der Waals surface area contributed by atoms with Crippen molar-refractivity contribution < 1.29 is 14.3 Å². The molecule has 1 unspecified atom stereocenters. The summed E-state index contributed by atoms with van der Waals surface area (Å²) in [7, 11) is 1.53. The highest BCUT2D eigenvalue weighted by atomic mass is 16.5. The Labute approximate surface area is 133 Å². The Hall–Kier alpha value is -2.64. The second-order valence-electron chi connectivity index (χ2n) is 5.50. The van der Waals surface area contributed by atoms with Crippen LogP contribution in [0.15, 0.2) is 12.1 Å². The Morgan fingerprint density at radius 2 is 2.04 bits per heavy atom. The highest BCUT2D eigenvalue weighted by Crippen LogP contribution is 2.21. The zero-order valence-electron chi connectivity index (χ0n) is 13.4. The molecule has 0 aromatic carbocycles. The summed E-state index contributed by atoms with van der Waals surface area (Å²) < 4.78 is 10.7. The van der Waals surface area contributed by atoms with Gasteiger partial charge in [-0.15, -0.1) is 10.2 Å². The second-order valence-corrected chi connectivity index (χ2v) is 5.50. The first-order valence-electron chi connectivity index (χ1n) is 7.43. The molecule has 0 radical (unpaired) electrons. The van der Waals surface area contributed by atoms with Crippen LogP contribution in [0, 0.1) is 13.8 Å². The van der Waals surface area contributed by atoms with Crippen LogP contribution in [0.4, 0.5) is 0 Å². The third kappa shape index (κ3) is 3.10. The maximum Gasteiger partial charge on any atom is 0.257 e. The molecule has 3 heterocycles. The van der Waals surface area contributed by atoms with Crippen LogP contribution in [0.2, 0.25) is 0 Å². The molecule has 0 aliphatic carbocycles. The Morgan fingerprint density at radius 3 is 2.65 bits per heavy atom. The number of hydrogen-bond acceptors (Lipinski definition) is 6. The number of likely N-dealkylation sites (tertiary alicyclic amines) is 1. The minimum atomic E-state index is -0.0887. The van der Waals surface area contributed by atoms with Gasteiger partial charge in [-0.05, 0) is 13.8 Å². The summed E-state index contributed by atoms with van der Waals surface area (Å²) in [5, 5.41) is 14.7. The largest absolute Gasteiger partial charge is 0.480 e. The highest BCUT2D eigenvalue weighted by molar-refractivity contribution is 5.96. The van der Waals surface area contributed by atoms with Crippen LogP contribution >= 0.6 is 0 Å². The lowest BCUT2D eigenvalue weighted by Gasteiger charge is -2.17. The average Bonchev–Trinajstić information content (AvgIpc) is 3.15. The fraction of sp³-hybridized carbons (Fsp3) is 0.467. The van der Waals surface area contributed by atoms with E-state index in [9.17, 15) is 4.79 Å². The molecule has 1 aliphatic rings. The Kier molecular flexibility index (Phi) is 4.14. The summed E-state index contributed by atoms with van der Waals surface area (Å²) >= 11 is 0. The van der Waals surface area contributed by atoms with Gasteiger partial charge in [0.2, 0.25) is 11.8 Å². The monoisotopic (exact) mass is 317 g/mol. The number of aromatic amines is 1. The van der Waals surface area contributed by atoms with E-state index in [4.69, 9.17) is 9.47 Å². The Balaban J connectivity index is 1.63. The smallest absolute Gasteiger partial charge is 0.257 e. The summed E-state index contributed by atoms with van der Waals surface area (Å²) in [5.74, 6) is 0.855. The molecule has 122 valence electrons. The number of amides is 1. The third-order valence-electron chi connectivity index (χ3n) is 3.89. The number of hydrogen-bond donors (Lipinski definition) is 1. The van der Waals surface area contributed by atoms with Crippen molar-refractivity contribution >= 4 is 5.91 Å². The van der Waals surface area contributed by atoms with Crippen LogP contribution in [0.5, 0.6) is 11.8 Å². The predicted molar refractivity (Wildman–Crippen MR) is 81.6 cm³/mol. The maximum absolute atomic E-state index is 12.6. The lowest BCUT2D eigenvalue weighted by Crippen LogP contribution is -2.31. The number of carbonyl (C=O) groups is 1. The highest BCUT2D eigenvalue weighted by Gasteiger charge is 2.30. The third-order valence-corrected chi connectivity index (χ3v) is 3.89. The molecule has 0 spiro atoms. The molecule has 8 heteroatoms. The van der Waals surface area contributed by atoms with Crippen LogP contribution < -0.4 is 9.47 Å². The molecule has 1 saturated heterocycles. The van der Waals surface area contributed by atoms with Crippen molar-refractivity contribution in [3.63, 3.8) is 0 Å². The number of H-pyrrole nitrogens is 1. The van der Waals surface area contributed by atoms with Crippen molar-refractivity contribution in [2.45, 2.75) is 26.4 Å². The molecule has 3 rings (SSSR count). The van der Waals surface area contributed by atoms with Crippen LogP contribution in [0.3, 0.4) is 0 Å². The van der Waals surface area contributed by atoms with Gasteiger partial charge in [-0.1, -0.05) is 0 Å². The maximum atomic E-state index is 12.6. The van der Waals surface area contributed by atoms with Crippen molar-refractivity contribution in [3.8, 4) is 11.8 Å². The van der Waals surface area contributed by atoms with E-state index in [1.165, 1.54) is 7.11 Å². The lowest BCUT2D eigenvalue weighted by molar-refractivity contribution is 0.0769. The first-order chi connectivity index (χ1) is 11.1. The molecular formula is C15H19N5O3. The normalized spacial score (nSPS) is 17.3. The van der Waals surface area contributed by atoms with Gasteiger partial charge >= 0.3 is 0 Å².